The van der Waals surface area contributed by atoms with Gasteiger partial charge in [0.2, 0.25) is 0 Å². The number of aryl methyl sites for hydroxylation is 1. The Balaban J connectivity index is 2.35. The van der Waals surface area contributed by atoms with E-state index in [1.165, 1.54) is 0 Å². The zero-order valence-corrected chi connectivity index (χ0v) is 10.8. The zero-order chi connectivity index (χ0) is 12.4. The number of hydrogen-bond acceptors (Lipinski definition) is 2. The fourth-order valence-electron chi connectivity index (χ4n) is 2.58. The minimum atomic E-state index is -0.0995. The summed E-state index contributed by atoms with van der Waals surface area (Å²) < 4.78 is 14.0. The van der Waals surface area contributed by atoms with Gasteiger partial charge in [-0.3, -0.25) is 0 Å². The molecule has 1 fully saturated rings. The largest absolute Gasteiger partial charge is 0.363 e. The van der Waals surface area contributed by atoms with E-state index in [1.807, 2.05) is 13.0 Å². The molecule has 0 aromatic heterocycles. The van der Waals surface area contributed by atoms with E-state index in [4.69, 9.17) is 0 Å². The maximum atomic E-state index is 14.0. The molecule has 1 N–H and O–H groups in total. The first kappa shape index (κ1) is 12.4. The van der Waals surface area contributed by atoms with E-state index in [1.54, 1.807) is 12.1 Å². The Bertz CT molecular complexity index is 372. The van der Waals surface area contributed by atoms with Gasteiger partial charge in [-0.2, -0.15) is 0 Å². The number of hydrogen-bond donors (Lipinski definition) is 1. The number of nitrogens with one attached hydrogen (secondary N) is 1. The molecule has 0 saturated carbocycles. The maximum Gasteiger partial charge on any atom is 0.146 e. The summed E-state index contributed by atoms with van der Waals surface area (Å²) in [5, 5.41) is 3.46. The number of nitrogens with zero attached hydrogens (tertiary/aromatic N) is 1. The summed E-state index contributed by atoms with van der Waals surface area (Å²) in [6.45, 7) is 8.10. The Labute approximate surface area is 103 Å². The lowest BCUT2D eigenvalue weighted by atomic mass is 10.0. The van der Waals surface area contributed by atoms with Gasteiger partial charge in [-0.1, -0.05) is 19.1 Å². The summed E-state index contributed by atoms with van der Waals surface area (Å²) >= 11 is 0. The van der Waals surface area contributed by atoms with E-state index in [2.05, 4.69) is 24.1 Å². The third kappa shape index (κ3) is 2.44. The topological polar surface area (TPSA) is 15.3 Å². The summed E-state index contributed by atoms with van der Waals surface area (Å²) in [6, 6.07) is 6.12. The Morgan fingerprint density at radius 1 is 1.47 bits per heavy atom. The van der Waals surface area contributed by atoms with Gasteiger partial charge in [-0.05, 0) is 31.9 Å². The van der Waals surface area contributed by atoms with E-state index < -0.39 is 0 Å². The minimum absolute atomic E-state index is 0.0995. The summed E-state index contributed by atoms with van der Waals surface area (Å²) in [6.07, 6.45) is 1.04. The van der Waals surface area contributed by atoms with Crippen LogP contribution in [0.25, 0.3) is 0 Å². The molecule has 2 rings (SSSR count). The van der Waals surface area contributed by atoms with Gasteiger partial charge in [0.1, 0.15) is 5.82 Å². The molecular formula is C14H21FN2. The van der Waals surface area contributed by atoms with Crippen molar-refractivity contribution in [3.63, 3.8) is 0 Å². The lowest BCUT2D eigenvalue weighted by Crippen LogP contribution is -2.55. The molecule has 1 heterocycles. The first-order valence-electron chi connectivity index (χ1n) is 6.38. The first-order chi connectivity index (χ1) is 8.13. The van der Waals surface area contributed by atoms with Crippen molar-refractivity contribution >= 4 is 5.69 Å². The molecule has 1 aromatic carbocycles. The van der Waals surface area contributed by atoms with E-state index in [9.17, 15) is 4.39 Å². The Morgan fingerprint density at radius 2 is 2.24 bits per heavy atom. The van der Waals surface area contributed by atoms with Gasteiger partial charge in [0.25, 0.3) is 0 Å². The van der Waals surface area contributed by atoms with E-state index in [0.29, 0.717) is 12.1 Å². The number of para-hydroxylation sites is 1. The predicted molar refractivity (Wildman–Crippen MR) is 70.0 cm³/mol. The first-order valence-corrected chi connectivity index (χ1v) is 6.38. The van der Waals surface area contributed by atoms with E-state index in [0.717, 1.165) is 30.8 Å². The van der Waals surface area contributed by atoms with Crippen LogP contribution >= 0.6 is 0 Å². The second kappa shape index (κ2) is 5.05. The molecule has 1 aromatic rings. The SMILES string of the molecule is CCC1CNC(C)CN1c1c(C)cccc1F. The Kier molecular flexibility index (Phi) is 3.67. The highest BCUT2D eigenvalue weighted by Crippen LogP contribution is 2.28. The fraction of sp³-hybridized carbons (Fsp3) is 0.571. The molecule has 2 unspecified atom stereocenters. The molecule has 94 valence electrons. The van der Waals surface area contributed by atoms with Gasteiger partial charge in [-0.15, -0.1) is 0 Å². The van der Waals surface area contributed by atoms with Crippen molar-refractivity contribution in [1.82, 2.24) is 5.32 Å². The van der Waals surface area contributed by atoms with Crippen LogP contribution in [0.5, 0.6) is 0 Å². The molecule has 0 amide bonds. The number of anilines is 1. The smallest absolute Gasteiger partial charge is 0.146 e. The van der Waals surface area contributed by atoms with Crippen LogP contribution in [0.3, 0.4) is 0 Å². The monoisotopic (exact) mass is 236 g/mol. The van der Waals surface area contributed by atoms with Crippen LogP contribution in [-0.2, 0) is 0 Å². The summed E-state index contributed by atoms with van der Waals surface area (Å²) in [5.41, 5.74) is 1.81. The predicted octanol–water partition coefficient (Wildman–Crippen LogP) is 2.71. The molecule has 2 nitrogen and oxygen atoms in total. The van der Waals surface area contributed by atoms with E-state index >= 15 is 0 Å². The van der Waals surface area contributed by atoms with Crippen molar-refractivity contribution in [2.45, 2.75) is 39.3 Å². The lowest BCUT2D eigenvalue weighted by Gasteiger charge is -2.41. The van der Waals surface area contributed by atoms with Crippen molar-refractivity contribution in [3.8, 4) is 0 Å². The molecule has 0 aliphatic carbocycles. The summed E-state index contributed by atoms with van der Waals surface area (Å²) in [4.78, 5) is 2.23. The van der Waals surface area contributed by atoms with Crippen LogP contribution in [-0.4, -0.2) is 25.2 Å². The van der Waals surface area contributed by atoms with Crippen LogP contribution in [0, 0.1) is 12.7 Å². The average molecular weight is 236 g/mol. The standard InChI is InChI=1S/C14H21FN2/c1-4-12-8-16-11(3)9-17(12)14-10(2)6-5-7-13(14)15/h5-7,11-12,16H,4,8-9H2,1-3H3. The van der Waals surface area contributed by atoms with Crippen molar-refractivity contribution in [2.24, 2.45) is 0 Å². The number of benzene rings is 1. The molecule has 1 aliphatic rings. The highest BCUT2D eigenvalue weighted by atomic mass is 19.1. The molecule has 1 aliphatic heterocycles. The van der Waals surface area contributed by atoms with Gasteiger partial charge < -0.3 is 10.2 Å². The van der Waals surface area contributed by atoms with E-state index in [-0.39, 0.29) is 5.82 Å². The van der Waals surface area contributed by atoms with Gasteiger partial charge in [-0.25, -0.2) is 4.39 Å². The zero-order valence-electron chi connectivity index (χ0n) is 10.8. The third-order valence-electron chi connectivity index (χ3n) is 3.56. The van der Waals surface area contributed by atoms with Crippen LogP contribution in [0.4, 0.5) is 10.1 Å². The van der Waals surface area contributed by atoms with Gasteiger partial charge in [0.05, 0.1) is 5.69 Å². The molecule has 0 radical (unpaired) electrons. The quantitative estimate of drug-likeness (QED) is 0.849. The average Bonchev–Trinajstić information content (AvgIpc) is 2.29. The van der Waals surface area contributed by atoms with Gasteiger partial charge >= 0.3 is 0 Å². The van der Waals surface area contributed by atoms with Gasteiger partial charge in [0, 0.05) is 25.2 Å². The van der Waals surface area contributed by atoms with Gasteiger partial charge in [0.15, 0.2) is 0 Å². The normalized spacial score (nSPS) is 25.1. The second-order valence-corrected chi connectivity index (χ2v) is 4.93. The maximum absolute atomic E-state index is 14.0. The molecule has 3 heteroatoms. The van der Waals surface area contributed by atoms with Crippen molar-refractivity contribution in [2.75, 3.05) is 18.0 Å². The summed E-state index contributed by atoms with van der Waals surface area (Å²) in [5.74, 6) is -0.0995. The van der Waals surface area contributed by atoms with Crippen molar-refractivity contribution < 1.29 is 4.39 Å². The number of piperazine rings is 1. The molecule has 2 atom stereocenters. The molecule has 0 spiro atoms. The van der Waals surface area contributed by atoms with Crippen LogP contribution < -0.4 is 10.2 Å². The Hall–Kier alpha value is -1.09. The highest BCUT2D eigenvalue weighted by Gasteiger charge is 2.27. The Morgan fingerprint density at radius 3 is 2.88 bits per heavy atom. The minimum Gasteiger partial charge on any atom is -0.363 e. The molecule has 1 saturated heterocycles. The summed E-state index contributed by atoms with van der Waals surface area (Å²) in [7, 11) is 0. The third-order valence-corrected chi connectivity index (χ3v) is 3.56. The van der Waals surface area contributed by atoms with Crippen molar-refractivity contribution in [1.29, 1.82) is 0 Å². The fourth-order valence-corrected chi connectivity index (χ4v) is 2.58. The highest BCUT2D eigenvalue weighted by molar-refractivity contribution is 5.55. The molecule has 17 heavy (non-hydrogen) atoms. The number of rotatable bonds is 2. The van der Waals surface area contributed by atoms with Crippen LogP contribution in [0.2, 0.25) is 0 Å². The molecule has 0 bridgehead atoms. The van der Waals surface area contributed by atoms with Crippen molar-refractivity contribution in [3.05, 3.63) is 29.6 Å². The number of halogens is 1. The van der Waals surface area contributed by atoms with Crippen LogP contribution in [0.1, 0.15) is 25.8 Å². The lowest BCUT2D eigenvalue weighted by molar-refractivity contribution is 0.398. The van der Waals surface area contributed by atoms with Crippen LogP contribution in [0.15, 0.2) is 18.2 Å². The second-order valence-electron chi connectivity index (χ2n) is 4.93. The molecular weight excluding hydrogens is 215 g/mol.